The van der Waals surface area contributed by atoms with Gasteiger partial charge in [-0.1, -0.05) is 42.3 Å². The molecule has 0 aliphatic heterocycles. The summed E-state index contributed by atoms with van der Waals surface area (Å²) in [5, 5.41) is 16.2. The molecule has 1 heterocycles. The van der Waals surface area contributed by atoms with Crippen molar-refractivity contribution in [2.24, 2.45) is 0 Å². The standard InChI is InChI=1S/C22H30N4O3S/c1-14-8-15(2)21(16(3)9-14)25-20(29)13-30-22-23-10-18(12-27)26(22)11-19(28)24-17-6-4-5-7-17/h8-10,17,27H,4-7,11-13H2,1-3H3,(H,24,28)(H,25,29). The Morgan fingerprint density at radius 1 is 1.17 bits per heavy atom. The van der Waals surface area contributed by atoms with E-state index in [1.54, 1.807) is 10.8 Å². The van der Waals surface area contributed by atoms with Crippen molar-refractivity contribution in [3.05, 3.63) is 40.7 Å². The van der Waals surface area contributed by atoms with Crippen LogP contribution >= 0.6 is 11.8 Å². The van der Waals surface area contributed by atoms with E-state index in [1.807, 2.05) is 32.9 Å². The van der Waals surface area contributed by atoms with Gasteiger partial charge >= 0.3 is 0 Å². The van der Waals surface area contributed by atoms with Crippen LogP contribution in [0.4, 0.5) is 5.69 Å². The van der Waals surface area contributed by atoms with Crippen LogP contribution < -0.4 is 10.6 Å². The van der Waals surface area contributed by atoms with E-state index >= 15 is 0 Å². The molecule has 0 radical (unpaired) electrons. The third kappa shape index (κ3) is 5.64. The molecule has 8 heteroatoms. The highest BCUT2D eigenvalue weighted by Crippen LogP contribution is 2.24. The number of thioether (sulfide) groups is 1. The predicted molar refractivity (Wildman–Crippen MR) is 119 cm³/mol. The maximum Gasteiger partial charge on any atom is 0.240 e. The fourth-order valence-corrected chi connectivity index (χ4v) is 4.77. The Kier molecular flexibility index (Phi) is 7.55. The molecular weight excluding hydrogens is 400 g/mol. The molecule has 1 aliphatic rings. The van der Waals surface area contributed by atoms with E-state index in [1.165, 1.54) is 11.8 Å². The maximum atomic E-state index is 12.5. The maximum absolute atomic E-state index is 12.5. The number of aromatic nitrogens is 2. The molecule has 1 aromatic heterocycles. The summed E-state index contributed by atoms with van der Waals surface area (Å²) < 4.78 is 1.69. The second kappa shape index (κ2) is 10.1. The zero-order valence-electron chi connectivity index (χ0n) is 17.8. The highest BCUT2D eigenvalue weighted by molar-refractivity contribution is 7.99. The summed E-state index contributed by atoms with van der Waals surface area (Å²) in [6.45, 7) is 5.87. The second-order valence-corrected chi connectivity index (χ2v) is 8.88. The topological polar surface area (TPSA) is 96.2 Å². The average molecular weight is 431 g/mol. The van der Waals surface area contributed by atoms with E-state index in [0.717, 1.165) is 48.1 Å². The lowest BCUT2D eigenvalue weighted by Gasteiger charge is -2.15. The highest BCUT2D eigenvalue weighted by atomic mass is 32.2. The number of nitrogens with zero attached hydrogens (tertiary/aromatic N) is 2. The minimum Gasteiger partial charge on any atom is -0.390 e. The van der Waals surface area contributed by atoms with Crippen molar-refractivity contribution in [2.75, 3.05) is 11.1 Å². The summed E-state index contributed by atoms with van der Waals surface area (Å²) in [7, 11) is 0. The van der Waals surface area contributed by atoms with Crippen LogP contribution in [0.15, 0.2) is 23.5 Å². The molecule has 2 aromatic rings. The van der Waals surface area contributed by atoms with E-state index in [4.69, 9.17) is 0 Å². The molecule has 1 aromatic carbocycles. The van der Waals surface area contributed by atoms with Gasteiger partial charge in [-0.3, -0.25) is 9.59 Å². The minimum absolute atomic E-state index is 0.0898. The number of hydrogen-bond donors (Lipinski definition) is 3. The van der Waals surface area contributed by atoms with Gasteiger partial charge in [0.25, 0.3) is 0 Å². The van der Waals surface area contributed by atoms with Gasteiger partial charge in [0.2, 0.25) is 11.8 Å². The molecule has 0 unspecified atom stereocenters. The zero-order valence-corrected chi connectivity index (χ0v) is 18.6. The summed E-state index contributed by atoms with van der Waals surface area (Å²) in [4.78, 5) is 29.3. The normalized spacial score (nSPS) is 14.1. The van der Waals surface area contributed by atoms with Crippen molar-refractivity contribution in [3.63, 3.8) is 0 Å². The summed E-state index contributed by atoms with van der Waals surface area (Å²) in [5.74, 6) is -0.0591. The van der Waals surface area contributed by atoms with Crippen molar-refractivity contribution < 1.29 is 14.7 Å². The molecule has 30 heavy (non-hydrogen) atoms. The summed E-state index contributed by atoms with van der Waals surface area (Å²) >= 11 is 1.26. The van der Waals surface area contributed by atoms with Crippen LogP contribution in [0.2, 0.25) is 0 Å². The molecule has 2 amide bonds. The predicted octanol–water partition coefficient (Wildman–Crippen LogP) is 3.09. The lowest BCUT2D eigenvalue weighted by Crippen LogP contribution is -2.35. The van der Waals surface area contributed by atoms with Gasteiger partial charge < -0.3 is 20.3 Å². The van der Waals surface area contributed by atoms with Gasteiger partial charge in [0.15, 0.2) is 5.16 Å². The van der Waals surface area contributed by atoms with E-state index < -0.39 is 0 Å². The number of hydrogen-bond acceptors (Lipinski definition) is 5. The van der Waals surface area contributed by atoms with E-state index in [2.05, 4.69) is 15.6 Å². The van der Waals surface area contributed by atoms with Crippen molar-refractivity contribution in [1.82, 2.24) is 14.9 Å². The third-order valence-electron chi connectivity index (χ3n) is 5.36. The average Bonchev–Trinajstić information content (AvgIpc) is 3.32. The summed E-state index contributed by atoms with van der Waals surface area (Å²) in [6.07, 6.45) is 5.88. The smallest absolute Gasteiger partial charge is 0.240 e. The molecular formula is C22H30N4O3S. The number of rotatable bonds is 8. The van der Waals surface area contributed by atoms with E-state index in [-0.39, 0.29) is 36.8 Å². The fourth-order valence-electron chi connectivity index (χ4n) is 3.97. The Morgan fingerprint density at radius 3 is 2.47 bits per heavy atom. The van der Waals surface area contributed by atoms with Crippen LogP contribution in [0.1, 0.15) is 48.1 Å². The highest BCUT2D eigenvalue weighted by Gasteiger charge is 2.20. The number of carbonyl (C=O) groups is 2. The first-order valence-corrected chi connectivity index (χ1v) is 11.3. The quantitative estimate of drug-likeness (QED) is 0.559. The zero-order chi connectivity index (χ0) is 21.7. The molecule has 1 aliphatic carbocycles. The lowest BCUT2D eigenvalue weighted by atomic mass is 10.1. The molecule has 0 spiro atoms. The first-order chi connectivity index (χ1) is 14.4. The second-order valence-electron chi connectivity index (χ2n) is 7.94. The first-order valence-electron chi connectivity index (χ1n) is 10.3. The van der Waals surface area contributed by atoms with Crippen molar-refractivity contribution in [1.29, 1.82) is 0 Å². The molecule has 0 bridgehead atoms. The van der Waals surface area contributed by atoms with Crippen LogP contribution in [0, 0.1) is 20.8 Å². The van der Waals surface area contributed by atoms with E-state index in [9.17, 15) is 14.7 Å². The van der Waals surface area contributed by atoms with Gasteiger partial charge in [0.05, 0.1) is 24.3 Å². The largest absolute Gasteiger partial charge is 0.390 e. The molecule has 7 nitrogen and oxygen atoms in total. The van der Waals surface area contributed by atoms with Crippen molar-refractivity contribution in [3.8, 4) is 0 Å². The first kappa shape index (κ1) is 22.4. The number of amides is 2. The Bertz CT molecular complexity index is 896. The van der Waals surface area contributed by atoms with Gasteiger partial charge in [-0.25, -0.2) is 4.98 Å². The number of imidazole rings is 1. The van der Waals surface area contributed by atoms with Gasteiger partial charge in [-0.05, 0) is 44.7 Å². The molecule has 3 rings (SSSR count). The number of aliphatic hydroxyl groups is 1. The van der Waals surface area contributed by atoms with Crippen LogP contribution in [0.5, 0.6) is 0 Å². The molecule has 0 atom stereocenters. The SMILES string of the molecule is Cc1cc(C)c(NC(=O)CSc2ncc(CO)n2CC(=O)NC2CCCC2)c(C)c1. The molecule has 1 saturated carbocycles. The van der Waals surface area contributed by atoms with Crippen LogP contribution in [-0.4, -0.2) is 38.3 Å². The Hall–Kier alpha value is -2.32. The van der Waals surface area contributed by atoms with Gasteiger partial charge in [0.1, 0.15) is 6.54 Å². The molecule has 0 saturated heterocycles. The Morgan fingerprint density at radius 2 is 1.83 bits per heavy atom. The molecule has 3 N–H and O–H groups in total. The Labute approximate surface area is 181 Å². The monoisotopic (exact) mass is 430 g/mol. The number of aryl methyl sites for hydroxylation is 3. The number of aliphatic hydroxyl groups excluding tert-OH is 1. The lowest BCUT2D eigenvalue weighted by molar-refractivity contribution is -0.122. The van der Waals surface area contributed by atoms with Crippen molar-refractivity contribution >= 4 is 29.3 Å². The van der Waals surface area contributed by atoms with Gasteiger partial charge in [-0.2, -0.15) is 0 Å². The fraction of sp³-hybridized carbons (Fsp3) is 0.500. The van der Waals surface area contributed by atoms with Crippen LogP contribution in [0.3, 0.4) is 0 Å². The van der Waals surface area contributed by atoms with Crippen molar-refractivity contribution in [2.45, 2.75) is 70.8 Å². The Balaban J connectivity index is 1.61. The van der Waals surface area contributed by atoms with Gasteiger partial charge in [0, 0.05) is 11.7 Å². The summed E-state index contributed by atoms with van der Waals surface area (Å²) in [5.41, 5.74) is 4.61. The molecule has 162 valence electrons. The number of nitrogens with one attached hydrogen (secondary N) is 2. The summed E-state index contributed by atoms with van der Waals surface area (Å²) in [6, 6.07) is 4.32. The third-order valence-corrected chi connectivity index (χ3v) is 6.35. The van der Waals surface area contributed by atoms with Crippen LogP contribution in [-0.2, 0) is 22.7 Å². The minimum atomic E-state index is -0.210. The molecule has 1 fully saturated rings. The number of anilines is 1. The van der Waals surface area contributed by atoms with Gasteiger partial charge in [-0.15, -0.1) is 0 Å². The number of carbonyl (C=O) groups excluding carboxylic acids is 2. The number of benzene rings is 1. The van der Waals surface area contributed by atoms with E-state index in [0.29, 0.717) is 10.9 Å². The van der Waals surface area contributed by atoms with Crippen LogP contribution in [0.25, 0.3) is 0 Å².